The Morgan fingerprint density at radius 2 is 1.78 bits per heavy atom. The molecule has 1 saturated carbocycles. The van der Waals surface area contributed by atoms with Crippen LogP contribution in [-0.4, -0.2) is 40.0 Å². The molecule has 1 amide bonds. The summed E-state index contributed by atoms with van der Waals surface area (Å²) in [6.45, 7) is 3.83. The molecule has 4 aromatic rings. The molecule has 7 rings (SSSR count). The van der Waals surface area contributed by atoms with Crippen molar-refractivity contribution >= 4 is 16.9 Å². The maximum Gasteiger partial charge on any atom is 0.223 e. The van der Waals surface area contributed by atoms with Gasteiger partial charge in [-0.25, -0.2) is 4.98 Å². The summed E-state index contributed by atoms with van der Waals surface area (Å²) in [7, 11) is 2.05. The number of imidazole rings is 1. The minimum Gasteiger partial charge on any atom is -0.355 e. The van der Waals surface area contributed by atoms with E-state index in [4.69, 9.17) is 4.98 Å². The van der Waals surface area contributed by atoms with Crippen molar-refractivity contribution in [2.45, 2.75) is 38.6 Å². The third-order valence-electron chi connectivity index (χ3n) is 9.15. The van der Waals surface area contributed by atoms with Crippen molar-refractivity contribution in [1.29, 1.82) is 0 Å². The van der Waals surface area contributed by atoms with Crippen LogP contribution in [0.1, 0.15) is 41.8 Å². The average Bonchev–Trinajstić information content (AvgIpc) is 3.35. The number of benzene rings is 3. The molecule has 1 unspecified atom stereocenters. The van der Waals surface area contributed by atoms with Gasteiger partial charge in [-0.3, -0.25) is 9.69 Å². The third kappa shape index (κ3) is 4.06. The molecule has 3 aromatic carbocycles. The number of rotatable bonds is 6. The van der Waals surface area contributed by atoms with Gasteiger partial charge in [-0.2, -0.15) is 0 Å². The molecule has 37 heavy (non-hydrogen) atoms. The minimum atomic E-state index is 0.189. The molecule has 1 saturated heterocycles. The standard InChI is InChI=1S/C32H34N4O/c1-35-29-9-5-4-8-28(29)34-30(35)12-15-33-31(37)27-20-32(27)13-16-36(17-14-32)21-22-10-11-26-24(18-22)19-23-6-2-3-7-25(23)26/h2-11,18,27H,12-17,19-21H2,1H3,(H,33,37). The van der Waals surface area contributed by atoms with Crippen LogP contribution in [0.4, 0.5) is 0 Å². The second-order valence-electron chi connectivity index (χ2n) is 11.3. The van der Waals surface area contributed by atoms with E-state index in [1.54, 1.807) is 0 Å². The highest BCUT2D eigenvalue weighted by molar-refractivity contribution is 5.82. The lowest BCUT2D eigenvalue weighted by molar-refractivity contribution is -0.123. The Morgan fingerprint density at radius 1 is 1.00 bits per heavy atom. The number of carbonyl (C=O) groups is 1. The Morgan fingerprint density at radius 3 is 2.65 bits per heavy atom. The maximum absolute atomic E-state index is 12.9. The van der Waals surface area contributed by atoms with Gasteiger partial charge in [0.05, 0.1) is 11.0 Å². The van der Waals surface area contributed by atoms with Crippen LogP contribution in [0.25, 0.3) is 22.2 Å². The Kier molecular flexibility index (Phi) is 5.43. The van der Waals surface area contributed by atoms with Crippen LogP contribution in [0.3, 0.4) is 0 Å². The molecule has 2 fully saturated rings. The number of fused-ring (bicyclic) bond motifs is 4. The summed E-state index contributed by atoms with van der Waals surface area (Å²) >= 11 is 0. The Hall–Kier alpha value is -3.44. The van der Waals surface area contributed by atoms with Gasteiger partial charge in [0, 0.05) is 32.5 Å². The van der Waals surface area contributed by atoms with Crippen LogP contribution >= 0.6 is 0 Å². The first-order valence-corrected chi connectivity index (χ1v) is 13.7. The second-order valence-corrected chi connectivity index (χ2v) is 11.3. The van der Waals surface area contributed by atoms with Crippen molar-refractivity contribution in [3.63, 3.8) is 0 Å². The van der Waals surface area contributed by atoms with E-state index in [0.29, 0.717) is 6.54 Å². The highest BCUT2D eigenvalue weighted by Crippen LogP contribution is 2.59. The number of amides is 1. The summed E-state index contributed by atoms with van der Waals surface area (Å²) in [6.07, 6.45) is 5.13. The number of para-hydroxylation sites is 2. The summed E-state index contributed by atoms with van der Waals surface area (Å²) in [5.74, 6) is 1.45. The van der Waals surface area contributed by atoms with Crippen LogP contribution < -0.4 is 5.32 Å². The van der Waals surface area contributed by atoms with Crippen molar-refractivity contribution in [1.82, 2.24) is 19.8 Å². The topological polar surface area (TPSA) is 50.2 Å². The molecule has 188 valence electrons. The number of aromatic nitrogens is 2. The van der Waals surface area contributed by atoms with Crippen molar-refractivity contribution in [2.24, 2.45) is 18.4 Å². The number of hydrogen-bond acceptors (Lipinski definition) is 3. The molecule has 1 aliphatic heterocycles. The van der Waals surface area contributed by atoms with Crippen molar-refractivity contribution in [2.75, 3.05) is 19.6 Å². The predicted octanol–water partition coefficient (Wildman–Crippen LogP) is 5.11. The average molecular weight is 491 g/mol. The number of piperidine rings is 1. The van der Waals surface area contributed by atoms with Gasteiger partial charge in [0.15, 0.2) is 0 Å². The van der Waals surface area contributed by atoms with E-state index in [0.717, 1.165) is 68.6 Å². The minimum absolute atomic E-state index is 0.189. The molecule has 1 N–H and O–H groups in total. The Labute approximate surface area is 218 Å². The van der Waals surface area contributed by atoms with Crippen LogP contribution in [0.2, 0.25) is 0 Å². The van der Waals surface area contributed by atoms with E-state index in [2.05, 4.69) is 70.4 Å². The fourth-order valence-electron chi connectivity index (χ4n) is 6.82. The molecule has 5 heteroatoms. The summed E-state index contributed by atoms with van der Waals surface area (Å²) < 4.78 is 2.13. The molecule has 2 aliphatic carbocycles. The van der Waals surface area contributed by atoms with Gasteiger partial charge in [-0.05, 0) is 84.1 Å². The largest absolute Gasteiger partial charge is 0.355 e. The van der Waals surface area contributed by atoms with Gasteiger partial charge < -0.3 is 9.88 Å². The molecule has 5 nitrogen and oxygen atoms in total. The molecule has 0 bridgehead atoms. The molecule has 1 aromatic heterocycles. The fourth-order valence-corrected chi connectivity index (χ4v) is 6.82. The molecule has 1 spiro atoms. The lowest BCUT2D eigenvalue weighted by Gasteiger charge is -2.33. The number of nitrogens with zero attached hydrogens (tertiary/aromatic N) is 3. The van der Waals surface area contributed by atoms with Gasteiger partial charge in [0.1, 0.15) is 5.82 Å². The summed E-state index contributed by atoms with van der Waals surface area (Å²) in [4.78, 5) is 20.3. The van der Waals surface area contributed by atoms with Crippen LogP contribution in [-0.2, 0) is 31.2 Å². The van der Waals surface area contributed by atoms with Crippen molar-refractivity contribution in [3.05, 3.63) is 89.2 Å². The monoisotopic (exact) mass is 490 g/mol. The van der Waals surface area contributed by atoms with Crippen LogP contribution in [0.5, 0.6) is 0 Å². The Bertz CT molecular complexity index is 1490. The van der Waals surface area contributed by atoms with Crippen molar-refractivity contribution < 1.29 is 4.79 Å². The number of carbonyl (C=O) groups excluding carboxylic acids is 1. The molecule has 0 radical (unpaired) electrons. The van der Waals surface area contributed by atoms with Gasteiger partial charge in [0.2, 0.25) is 5.91 Å². The van der Waals surface area contributed by atoms with Crippen LogP contribution in [0.15, 0.2) is 66.7 Å². The second kappa shape index (κ2) is 8.84. The van der Waals surface area contributed by atoms with Crippen molar-refractivity contribution in [3.8, 4) is 11.1 Å². The highest BCUT2D eigenvalue weighted by Gasteiger charge is 2.58. The number of aryl methyl sites for hydroxylation is 1. The first kappa shape index (κ1) is 22.7. The molecular formula is C32H34N4O. The van der Waals surface area contributed by atoms with Gasteiger partial charge >= 0.3 is 0 Å². The molecular weight excluding hydrogens is 456 g/mol. The lowest BCUT2D eigenvalue weighted by atomic mass is 9.90. The smallest absolute Gasteiger partial charge is 0.223 e. The van der Waals surface area contributed by atoms with E-state index < -0.39 is 0 Å². The Balaban J connectivity index is 0.903. The number of nitrogens with one attached hydrogen (secondary N) is 1. The van der Waals surface area contributed by atoms with E-state index >= 15 is 0 Å². The van der Waals surface area contributed by atoms with E-state index in [-0.39, 0.29) is 17.2 Å². The molecule has 1 atom stereocenters. The van der Waals surface area contributed by atoms with E-state index in [9.17, 15) is 4.79 Å². The fraction of sp³-hybridized carbons (Fsp3) is 0.375. The first-order valence-electron chi connectivity index (χ1n) is 13.7. The highest BCUT2D eigenvalue weighted by atomic mass is 16.2. The summed E-state index contributed by atoms with van der Waals surface area (Å²) in [6, 6.07) is 24.0. The zero-order chi connectivity index (χ0) is 25.0. The first-order chi connectivity index (χ1) is 18.1. The number of hydrogen-bond donors (Lipinski definition) is 1. The zero-order valence-corrected chi connectivity index (χ0v) is 21.5. The SMILES string of the molecule is Cn1c(CCNC(=O)C2CC23CCN(Cc2ccc4c(c2)Cc2ccccc2-4)CC3)nc2ccccc21. The molecule has 2 heterocycles. The maximum atomic E-state index is 12.9. The summed E-state index contributed by atoms with van der Waals surface area (Å²) in [5.41, 5.74) is 9.51. The predicted molar refractivity (Wildman–Crippen MR) is 147 cm³/mol. The van der Waals surface area contributed by atoms with Gasteiger partial charge in [-0.1, -0.05) is 54.6 Å². The third-order valence-corrected chi connectivity index (χ3v) is 9.15. The van der Waals surface area contributed by atoms with Gasteiger partial charge in [0.25, 0.3) is 0 Å². The van der Waals surface area contributed by atoms with Crippen LogP contribution in [0, 0.1) is 11.3 Å². The van der Waals surface area contributed by atoms with E-state index in [1.165, 1.54) is 27.8 Å². The quantitative estimate of drug-likeness (QED) is 0.360. The lowest BCUT2D eigenvalue weighted by Crippen LogP contribution is -2.37. The normalized spacial score (nSPS) is 19.6. The molecule has 3 aliphatic rings. The van der Waals surface area contributed by atoms with Gasteiger partial charge in [-0.15, -0.1) is 0 Å². The zero-order valence-electron chi connectivity index (χ0n) is 21.5. The number of likely N-dealkylation sites (tertiary alicyclic amines) is 1. The van der Waals surface area contributed by atoms with E-state index in [1.807, 2.05) is 18.2 Å². The summed E-state index contributed by atoms with van der Waals surface area (Å²) in [5, 5.41) is 3.21.